The number of aromatic nitrogens is 2. The van der Waals surface area contributed by atoms with Crippen LogP contribution in [0.4, 0.5) is 0 Å². The van der Waals surface area contributed by atoms with E-state index in [1.54, 1.807) is 6.33 Å². The largest absolute Gasteiger partial charge is 0.464 e. The third-order valence-electron chi connectivity index (χ3n) is 3.46. The molecule has 2 heterocycles. The van der Waals surface area contributed by atoms with Crippen LogP contribution in [-0.4, -0.2) is 35.2 Å². The van der Waals surface area contributed by atoms with Crippen LogP contribution in [0.1, 0.15) is 44.3 Å². The second-order valence-corrected chi connectivity index (χ2v) is 4.70. The van der Waals surface area contributed by atoms with Crippen molar-refractivity contribution in [1.29, 1.82) is 0 Å². The summed E-state index contributed by atoms with van der Waals surface area (Å²) in [7, 11) is 0. The number of piperidine rings is 1. The highest BCUT2D eigenvalue weighted by Crippen LogP contribution is 2.25. The van der Waals surface area contributed by atoms with Gasteiger partial charge in [0.25, 0.3) is 0 Å². The monoisotopic (exact) mass is 251 g/mol. The van der Waals surface area contributed by atoms with Crippen LogP contribution in [-0.2, 0) is 9.53 Å². The molecule has 5 heteroatoms. The molecular weight excluding hydrogens is 230 g/mol. The summed E-state index contributed by atoms with van der Waals surface area (Å²) in [6, 6.07) is -0.302. The molecule has 5 nitrogen and oxygen atoms in total. The van der Waals surface area contributed by atoms with E-state index in [4.69, 9.17) is 4.74 Å². The normalized spacial score (nSPS) is 21.6. The quantitative estimate of drug-likeness (QED) is 0.823. The lowest BCUT2D eigenvalue weighted by Gasteiger charge is -2.25. The fourth-order valence-corrected chi connectivity index (χ4v) is 2.44. The van der Waals surface area contributed by atoms with Gasteiger partial charge < -0.3 is 14.6 Å². The van der Waals surface area contributed by atoms with Gasteiger partial charge in [-0.1, -0.05) is 0 Å². The van der Waals surface area contributed by atoms with E-state index in [2.05, 4.69) is 10.3 Å². The van der Waals surface area contributed by atoms with Crippen molar-refractivity contribution in [2.45, 2.75) is 38.6 Å². The molecule has 0 saturated carbocycles. The molecule has 1 fully saturated rings. The molecule has 0 aromatic carbocycles. The van der Waals surface area contributed by atoms with Gasteiger partial charge in [0.15, 0.2) is 0 Å². The van der Waals surface area contributed by atoms with Crippen LogP contribution in [0.3, 0.4) is 0 Å². The lowest BCUT2D eigenvalue weighted by atomic mass is 9.96. The molecule has 100 valence electrons. The number of hydrogen-bond donors (Lipinski definition) is 1. The van der Waals surface area contributed by atoms with Crippen molar-refractivity contribution in [3.8, 4) is 0 Å². The van der Waals surface area contributed by atoms with Crippen molar-refractivity contribution < 1.29 is 9.53 Å². The maximum Gasteiger partial charge on any atom is 0.328 e. The average Bonchev–Trinajstić information content (AvgIpc) is 2.88. The third kappa shape index (κ3) is 2.72. The molecular formula is C13H21N3O2. The molecule has 1 N–H and O–H groups in total. The molecule has 0 radical (unpaired) electrons. The van der Waals surface area contributed by atoms with Crippen molar-refractivity contribution >= 4 is 5.97 Å². The van der Waals surface area contributed by atoms with Crippen LogP contribution in [0.15, 0.2) is 12.5 Å². The van der Waals surface area contributed by atoms with Crippen molar-refractivity contribution in [3.63, 3.8) is 0 Å². The van der Waals surface area contributed by atoms with E-state index in [9.17, 15) is 4.79 Å². The zero-order valence-corrected chi connectivity index (χ0v) is 11.1. The van der Waals surface area contributed by atoms with Gasteiger partial charge >= 0.3 is 5.97 Å². The Bertz CT molecular complexity index is 397. The number of esters is 1. The van der Waals surface area contributed by atoms with E-state index in [0.717, 1.165) is 25.2 Å². The predicted octanol–water partition coefficient (Wildman–Crippen LogP) is 1.47. The zero-order chi connectivity index (χ0) is 13.0. The van der Waals surface area contributed by atoms with E-state index in [0.29, 0.717) is 12.5 Å². The van der Waals surface area contributed by atoms with Crippen molar-refractivity contribution in [2.75, 3.05) is 19.7 Å². The summed E-state index contributed by atoms with van der Waals surface area (Å²) in [5.41, 5.74) is 1.13. The first-order valence-electron chi connectivity index (χ1n) is 6.63. The van der Waals surface area contributed by atoms with Crippen molar-refractivity contribution in [2.24, 2.45) is 0 Å². The minimum absolute atomic E-state index is 0.194. The Labute approximate surface area is 108 Å². The van der Waals surface area contributed by atoms with Crippen LogP contribution in [0.25, 0.3) is 0 Å². The zero-order valence-electron chi connectivity index (χ0n) is 11.1. The van der Waals surface area contributed by atoms with Gasteiger partial charge in [0.1, 0.15) is 6.04 Å². The Kier molecular flexibility index (Phi) is 4.36. The minimum Gasteiger partial charge on any atom is -0.464 e. The first kappa shape index (κ1) is 13.1. The number of ether oxygens (including phenoxy) is 1. The molecule has 1 saturated heterocycles. The molecule has 1 aromatic heterocycles. The van der Waals surface area contributed by atoms with E-state index < -0.39 is 0 Å². The first-order valence-corrected chi connectivity index (χ1v) is 6.63. The van der Waals surface area contributed by atoms with E-state index in [1.165, 1.54) is 6.42 Å². The summed E-state index contributed by atoms with van der Waals surface area (Å²) < 4.78 is 7.01. The number of imidazole rings is 1. The molecule has 18 heavy (non-hydrogen) atoms. The fraction of sp³-hybridized carbons (Fsp3) is 0.692. The lowest BCUT2D eigenvalue weighted by molar-refractivity contribution is -0.146. The average molecular weight is 251 g/mol. The van der Waals surface area contributed by atoms with Crippen LogP contribution in [0.5, 0.6) is 0 Å². The maximum absolute atomic E-state index is 11.8. The maximum atomic E-state index is 11.8. The van der Waals surface area contributed by atoms with Crippen molar-refractivity contribution in [3.05, 3.63) is 18.2 Å². The Morgan fingerprint density at radius 3 is 3.22 bits per heavy atom. The molecule has 0 bridgehead atoms. The lowest BCUT2D eigenvalue weighted by Crippen LogP contribution is -2.30. The summed E-state index contributed by atoms with van der Waals surface area (Å²) in [5.74, 6) is 0.249. The van der Waals surface area contributed by atoms with Gasteiger partial charge in [0.05, 0.1) is 12.9 Å². The Morgan fingerprint density at radius 2 is 2.56 bits per heavy atom. The second-order valence-electron chi connectivity index (χ2n) is 4.70. The smallest absolute Gasteiger partial charge is 0.328 e. The van der Waals surface area contributed by atoms with Gasteiger partial charge in [0.2, 0.25) is 0 Å². The number of nitrogens with one attached hydrogen (secondary N) is 1. The van der Waals surface area contributed by atoms with E-state index in [-0.39, 0.29) is 12.0 Å². The third-order valence-corrected chi connectivity index (χ3v) is 3.46. The van der Waals surface area contributed by atoms with Gasteiger partial charge in [-0.15, -0.1) is 0 Å². The standard InChI is InChI=1S/C13H21N3O2/c1-3-18-13(17)10(2)16-9-15-8-12(16)11-5-4-6-14-7-11/h8-11,14H,3-7H2,1-2H3. The highest BCUT2D eigenvalue weighted by Gasteiger charge is 2.24. The molecule has 2 unspecified atom stereocenters. The summed E-state index contributed by atoms with van der Waals surface area (Å²) in [6.45, 7) is 6.14. The van der Waals surface area contributed by atoms with Gasteiger partial charge in [0, 0.05) is 24.4 Å². The van der Waals surface area contributed by atoms with Crippen LogP contribution in [0.2, 0.25) is 0 Å². The van der Waals surface area contributed by atoms with E-state index in [1.807, 2.05) is 24.6 Å². The Hall–Kier alpha value is -1.36. The fourth-order valence-electron chi connectivity index (χ4n) is 2.44. The Balaban J connectivity index is 2.13. The van der Waals surface area contributed by atoms with Crippen LogP contribution in [0, 0.1) is 0 Å². The topological polar surface area (TPSA) is 56.2 Å². The number of carbonyl (C=O) groups is 1. The molecule has 0 aliphatic carbocycles. The number of hydrogen-bond acceptors (Lipinski definition) is 4. The van der Waals surface area contributed by atoms with E-state index >= 15 is 0 Å². The summed E-state index contributed by atoms with van der Waals surface area (Å²) in [6.07, 6.45) is 5.91. The highest BCUT2D eigenvalue weighted by atomic mass is 16.5. The highest BCUT2D eigenvalue weighted by molar-refractivity contribution is 5.73. The Morgan fingerprint density at radius 1 is 1.72 bits per heavy atom. The predicted molar refractivity (Wildman–Crippen MR) is 68.4 cm³/mol. The van der Waals surface area contributed by atoms with Gasteiger partial charge in [-0.3, -0.25) is 0 Å². The number of nitrogens with zero attached hydrogens (tertiary/aromatic N) is 2. The summed E-state index contributed by atoms with van der Waals surface area (Å²) in [4.78, 5) is 16.0. The molecule has 2 atom stereocenters. The van der Waals surface area contributed by atoms with Gasteiger partial charge in [-0.05, 0) is 33.2 Å². The molecule has 0 amide bonds. The summed E-state index contributed by atoms with van der Waals surface area (Å²) in [5, 5.41) is 3.39. The number of carbonyl (C=O) groups excluding carboxylic acids is 1. The van der Waals surface area contributed by atoms with Gasteiger partial charge in [-0.2, -0.15) is 0 Å². The molecule has 1 aromatic rings. The summed E-state index contributed by atoms with van der Waals surface area (Å²) >= 11 is 0. The van der Waals surface area contributed by atoms with Crippen molar-refractivity contribution in [1.82, 2.24) is 14.9 Å². The number of rotatable bonds is 4. The molecule has 0 spiro atoms. The molecule has 2 rings (SSSR count). The first-order chi connectivity index (χ1) is 8.74. The minimum atomic E-state index is -0.302. The van der Waals surface area contributed by atoms with Crippen LogP contribution >= 0.6 is 0 Å². The second kappa shape index (κ2) is 6.00. The SMILES string of the molecule is CCOC(=O)C(C)n1cncc1C1CCCNC1. The molecule has 1 aliphatic heterocycles. The van der Waals surface area contributed by atoms with Gasteiger partial charge in [-0.25, -0.2) is 9.78 Å². The van der Waals surface area contributed by atoms with Crippen LogP contribution < -0.4 is 5.32 Å². The molecule has 1 aliphatic rings.